The fourth-order valence-corrected chi connectivity index (χ4v) is 3.34. The van der Waals surface area contributed by atoms with Crippen LogP contribution in [0.1, 0.15) is 28.4 Å². The number of anilines is 1. The van der Waals surface area contributed by atoms with E-state index in [2.05, 4.69) is 17.4 Å². The Balaban J connectivity index is 1.49. The third-order valence-electron chi connectivity index (χ3n) is 5.08. The molecule has 0 fully saturated rings. The maximum Gasteiger partial charge on any atom is 0.244 e. The zero-order valence-electron chi connectivity index (χ0n) is 16.1. The molecular formula is C23H23N3O2. The molecular weight excluding hydrogens is 350 g/mol. The number of nitrogens with zero attached hydrogens (tertiary/aromatic N) is 2. The van der Waals surface area contributed by atoms with Gasteiger partial charge in [-0.1, -0.05) is 42.5 Å². The van der Waals surface area contributed by atoms with Crippen molar-refractivity contribution in [3.05, 3.63) is 89.2 Å². The van der Waals surface area contributed by atoms with Crippen LogP contribution in [0, 0.1) is 13.8 Å². The zero-order valence-corrected chi connectivity index (χ0v) is 16.1. The highest BCUT2D eigenvalue weighted by Crippen LogP contribution is 2.25. The number of ether oxygens (including phenoxy) is 1. The van der Waals surface area contributed by atoms with Gasteiger partial charge in [-0.2, -0.15) is 0 Å². The Bertz CT molecular complexity index is 1020. The third-order valence-corrected chi connectivity index (χ3v) is 5.08. The molecule has 5 heteroatoms. The van der Waals surface area contributed by atoms with Crippen LogP contribution >= 0.6 is 0 Å². The average Bonchev–Trinajstić information content (AvgIpc) is 3.35. The van der Waals surface area contributed by atoms with E-state index in [1.54, 1.807) is 0 Å². The minimum atomic E-state index is -0.0793. The smallest absolute Gasteiger partial charge is 0.244 e. The maximum atomic E-state index is 12.6. The molecule has 0 saturated heterocycles. The minimum absolute atomic E-state index is 0.0108. The van der Waals surface area contributed by atoms with Gasteiger partial charge in [0.05, 0.1) is 0 Å². The van der Waals surface area contributed by atoms with Crippen molar-refractivity contribution in [2.24, 2.45) is 4.99 Å². The monoisotopic (exact) mass is 373 g/mol. The molecule has 142 valence electrons. The molecule has 0 saturated carbocycles. The van der Waals surface area contributed by atoms with Crippen molar-refractivity contribution < 1.29 is 9.53 Å². The van der Waals surface area contributed by atoms with Gasteiger partial charge in [0, 0.05) is 11.9 Å². The number of hydrogen-bond acceptors (Lipinski definition) is 3. The van der Waals surface area contributed by atoms with E-state index >= 15 is 0 Å². The van der Waals surface area contributed by atoms with Gasteiger partial charge in [-0.25, -0.2) is 4.99 Å². The quantitative estimate of drug-likeness (QED) is 0.726. The summed E-state index contributed by atoms with van der Waals surface area (Å²) < 4.78 is 7.70. The Labute approximate surface area is 164 Å². The highest BCUT2D eigenvalue weighted by molar-refractivity contribution is 5.96. The lowest BCUT2D eigenvalue weighted by Crippen LogP contribution is -2.21. The van der Waals surface area contributed by atoms with E-state index in [0.717, 1.165) is 28.1 Å². The van der Waals surface area contributed by atoms with Crippen molar-refractivity contribution >= 4 is 17.5 Å². The summed E-state index contributed by atoms with van der Waals surface area (Å²) in [5.41, 5.74) is 5.02. The third kappa shape index (κ3) is 3.69. The van der Waals surface area contributed by atoms with Crippen molar-refractivity contribution in [2.75, 3.05) is 11.9 Å². The Morgan fingerprint density at radius 1 is 1.11 bits per heavy atom. The lowest BCUT2D eigenvalue weighted by Gasteiger charge is -2.12. The SMILES string of the molecule is Cc1cccc(NC(=O)Cn2cccc2C2=NC(c3ccccc3)CO2)c1C. The summed E-state index contributed by atoms with van der Waals surface area (Å²) >= 11 is 0. The number of carbonyl (C=O) groups excluding carboxylic acids is 1. The lowest BCUT2D eigenvalue weighted by molar-refractivity contribution is -0.116. The number of aromatic nitrogens is 1. The first-order valence-corrected chi connectivity index (χ1v) is 9.39. The molecule has 1 N–H and O–H groups in total. The van der Waals surface area contributed by atoms with E-state index in [9.17, 15) is 4.79 Å². The molecule has 1 unspecified atom stereocenters. The molecule has 5 nitrogen and oxygen atoms in total. The van der Waals surface area contributed by atoms with Crippen LogP contribution in [0.5, 0.6) is 0 Å². The molecule has 2 aromatic carbocycles. The normalized spacial score (nSPS) is 15.8. The second-order valence-electron chi connectivity index (χ2n) is 6.99. The molecule has 1 aliphatic rings. The minimum Gasteiger partial charge on any atom is -0.474 e. The van der Waals surface area contributed by atoms with Crippen LogP contribution in [0.3, 0.4) is 0 Å². The Morgan fingerprint density at radius 2 is 1.93 bits per heavy atom. The van der Waals surface area contributed by atoms with Crippen molar-refractivity contribution in [1.29, 1.82) is 0 Å². The van der Waals surface area contributed by atoms with Crippen LogP contribution in [-0.4, -0.2) is 23.0 Å². The molecule has 1 aliphatic heterocycles. The van der Waals surface area contributed by atoms with Crippen LogP contribution in [0.2, 0.25) is 0 Å². The molecule has 0 spiro atoms. The molecule has 1 aromatic heterocycles. The summed E-state index contributed by atoms with van der Waals surface area (Å²) in [6.07, 6.45) is 1.87. The Hall–Kier alpha value is -3.34. The maximum absolute atomic E-state index is 12.6. The van der Waals surface area contributed by atoms with Crippen molar-refractivity contribution in [3.63, 3.8) is 0 Å². The number of benzene rings is 2. The summed E-state index contributed by atoms with van der Waals surface area (Å²) in [5, 5.41) is 3.00. The number of carbonyl (C=O) groups is 1. The molecule has 28 heavy (non-hydrogen) atoms. The van der Waals surface area contributed by atoms with Crippen LogP contribution < -0.4 is 5.32 Å². The van der Waals surface area contributed by atoms with Gasteiger partial charge in [0.2, 0.25) is 11.8 Å². The lowest BCUT2D eigenvalue weighted by atomic mass is 10.1. The first-order chi connectivity index (χ1) is 13.6. The van der Waals surface area contributed by atoms with Gasteiger partial charge in [0.15, 0.2) is 0 Å². The fraction of sp³-hybridized carbons (Fsp3) is 0.217. The van der Waals surface area contributed by atoms with Gasteiger partial charge < -0.3 is 14.6 Å². The van der Waals surface area contributed by atoms with Crippen molar-refractivity contribution in [2.45, 2.75) is 26.4 Å². The van der Waals surface area contributed by atoms with E-state index in [1.807, 2.05) is 73.1 Å². The number of hydrogen-bond donors (Lipinski definition) is 1. The summed E-state index contributed by atoms with van der Waals surface area (Å²) in [6, 6.07) is 19.8. The van der Waals surface area contributed by atoms with Crippen LogP contribution in [-0.2, 0) is 16.1 Å². The molecule has 0 bridgehead atoms. The van der Waals surface area contributed by atoms with E-state index in [-0.39, 0.29) is 18.5 Å². The molecule has 1 amide bonds. The molecule has 0 radical (unpaired) electrons. The second kappa shape index (κ2) is 7.72. The number of aliphatic imine (C=N–C) groups is 1. The number of nitrogens with one attached hydrogen (secondary N) is 1. The topological polar surface area (TPSA) is 55.6 Å². The predicted octanol–water partition coefficient (Wildman–Crippen LogP) is 4.26. The summed E-state index contributed by atoms with van der Waals surface area (Å²) in [4.78, 5) is 17.3. The summed E-state index contributed by atoms with van der Waals surface area (Å²) in [7, 11) is 0. The molecule has 1 atom stereocenters. The largest absolute Gasteiger partial charge is 0.474 e. The number of aryl methyl sites for hydroxylation is 1. The molecule has 3 aromatic rings. The van der Waals surface area contributed by atoms with E-state index in [4.69, 9.17) is 9.73 Å². The summed E-state index contributed by atoms with van der Waals surface area (Å²) in [5.74, 6) is 0.503. The van der Waals surface area contributed by atoms with E-state index in [0.29, 0.717) is 12.5 Å². The standard InChI is InChI=1S/C23H23N3O2/c1-16-8-6-11-19(17(16)2)24-22(27)14-26-13-7-12-21(26)23-25-20(15-28-23)18-9-4-3-5-10-18/h3-13,20H,14-15H2,1-2H3,(H,24,27). The Morgan fingerprint density at radius 3 is 2.75 bits per heavy atom. The van der Waals surface area contributed by atoms with Gasteiger partial charge in [-0.05, 0) is 48.7 Å². The fourth-order valence-electron chi connectivity index (χ4n) is 3.34. The summed E-state index contributed by atoms with van der Waals surface area (Å²) in [6.45, 7) is 4.76. The average molecular weight is 373 g/mol. The molecule has 2 heterocycles. The van der Waals surface area contributed by atoms with E-state index in [1.165, 1.54) is 0 Å². The number of amides is 1. The van der Waals surface area contributed by atoms with Crippen molar-refractivity contribution in [1.82, 2.24) is 4.57 Å². The predicted molar refractivity (Wildman–Crippen MR) is 111 cm³/mol. The first kappa shape index (κ1) is 18.0. The van der Waals surface area contributed by atoms with Crippen LogP contribution in [0.15, 0.2) is 71.9 Å². The highest BCUT2D eigenvalue weighted by atomic mass is 16.5. The van der Waals surface area contributed by atoms with Gasteiger partial charge in [0.1, 0.15) is 24.9 Å². The second-order valence-corrected chi connectivity index (χ2v) is 6.99. The van der Waals surface area contributed by atoms with Crippen LogP contribution in [0.25, 0.3) is 0 Å². The zero-order chi connectivity index (χ0) is 19.5. The van der Waals surface area contributed by atoms with Crippen molar-refractivity contribution in [3.8, 4) is 0 Å². The van der Waals surface area contributed by atoms with Gasteiger partial charge in [-0.3, -0.25) is 4.79 Å². The van der Waals surface area contributed by atoms with E-state index < -0.39 is 0 Å². The molecule has 0 aliphatic carbocycles. The first-order valence-electron chi connectivity index (χ1n) is 9.39. The van der Waals surface area contributed by atoms with Gasteiger partial charge in [0.25, 0.3) is 0 Å². The Kier molecular flexibility index (Phi) is 4.98. The number of rotatable bonds is 5. The van der Waals surface area contributed by atoms with Gasteiger partial charge >= 0.3 is 0 Å². The molecule has 4 rings (SSSR count). The van der Waals surface area contributed by atoms with Gasteiger partial charge in [-0.15, -0.1) is 0 Å². The highest BCUT2D eigenvalue weighted by Gasteiger charge is 2.23. The van der Waals surface area contributed by atoms with Crippen LogP contribution in [0.4, 0.5) is 5.69 Å².